The third-order valence-corrected chi connectivity index (χ3v) is 4.32. The zero-order chi connectivity index (χ0) is 14.1. The third kappa shape index (κ3) is 2.72. The summed E-state index contributed by atoms with van der Waals surface area (Å²) in [6.07, 6.45) is 2.89. The molecule has 5 nitrogen and oxygen atoms in total. The first kappa shape index (κ1) is 13.2. The average molecular weight is 274 g/mol. The Morgan fingerprint density at radius 1 is 1.40 bits per heavy atom. The molecule has 0 aromatic heterocycles. The fourth-order valence-electron chi connectivity index (χ4n) is 2.97. The summed E-state index contributed by atoms with van der Waals surface area (Å²) in [5, 5.41) is 6.31. The molecule has 108 valence electrons. The fraction of sp³-hybridized carbons (Fsp3) is 0.533. The molecule has 0 spiro atoms. The number of nitrogens with two attached hydrogens (primary N) is 1. The van der Waals surface area contributed by atoms with Crippen LogP contribution in [0.15, 0.2) is 12.1 Å². The molecule has 0 unspecified atom stereocenters. The van der Waals surface area contributed by atoms with Gasteiger partial charge >= 0.3 is 0 Å². The Balaban J connectivity index is 1.63. The first-order valence-electron chi connectivity index (χ1n) is 7.26. The molecule has 0 radical (unpaired) electrons. The smallest absolute Gasteiger partial charge is 0.228 e. The summed E-state index contributed by atoms with van der Waals surface area (Å²) in [6, 6.07) is 3.87. The number of hydrogen-bond acceptors (Lipinski definition) is 4. The minimum Gasteiger partial charge on any atom is -0.397 e. The van der Waals surface area contributed by atoms with Crippen molar-refractivity contribution in [2.45, 2.75) is 19.3 Å². The van der Waals surface area contributed by atoms with E-state index in [2.05, 4.69) is 22.6 Å². The van der Waals surface area contributed by atoms with Crippen LogP contribution in [0.4, 0.5) is 17.1 Å². The molecule has 3 rings (SSSR count). The molecule has 4 N–H and O–H groups in total. The van der Waals surface area contributed by atoms with Gasteiger partial charge in [0.2, 0.25) is 5.91 Å². The molecule has 2 heterocycles. The van der Waals surface area contributed by atoms with Gasteiger partial charge in [-0.25, -0.2) is 0 Å². The Bertz CT molecular complexity index is 521. The van der Waals surface area contributed by atoms with Crippen LogP contribution in [-0.2, 0) is 11.2 Å². The van der Waals surface area contributed by atoms with Crippen LogP contribution in [0, 0.1) is 5.92 Å². The van der Waals surface area contributed by atoms with Gasteiger partial charge in [-0.2, -0.15) is 0 Å². The number of fused-ring (bicyclic) bond motifs is 1. The number of piperidine rings is 1. The van der Waals surface area contributed by atoms with E-state index in [4.69, 9.17) is 5.73 Å². The fourth-order valence-corrected chi connectivity index (χ4v) is 2.97. The second-order valence-electron chi connectivity index (χ2n) is 5.95. The van der Waals surface area contributed by atoms with Gasteiger partial charge in [-0.3, -0.25) is 4.79 Å². The predicted octanol–water partition coefficient (Wildman–Crippen LogP) is 1.52. The van der Waals surface area contributed by atoms with Gasteiger partial charge in [0.05, 0.1) is 17.8 Å². The van der Waals surface area contributed by atoms with Gasteiger partial charge in [-0.05, 0) is 56.6 Å². The Morgan fingerprint density at radius 3 is 2.90 bits per heavy atom. The number of hydrogen-bond donors (Lipinski definition) is 3. The lowest BCUT2D eigenvalue weighted by Crippen LogP contribution is -2.33. The molecule has 0 atom stereocenters. The van der Waals surface area contributed by atoms with Gasteiger partial charge in [-0.1, -0.05) is 0 Å². The number of carbonyl (C=O) groups is 1. The number of rotatable bonds is 3. The summed E-state index contributed by atoms with van der Waals surface area (Å²) >= 11 is 0. The van der Waals surface area contributed by atoms with Crippen molar-refractivity contribution in [3.8, 4) is 0 Å². The van der Waals surface area contributed by atoms with Crippen LogP contribution in [0.3, 0.4) is 0 Å². The van der Waals surface area contributed by atoms with Crippen LogP contribution in [0.25, 0.3) is 0 Å². The molecular formula is C15H22N4O. The van der Waals surface area contributed by atoms with Gasteiger partial charge in [0, 0.05) is 12.2 Å². The number of nitrogens with zero attached hydrogens (tertiary/aromatic N) is 1. The highest BCUT2D eigenvalue weighted by atomic mass is 16.1. The SMILES string of the molecule is CN1CCC(CNc2cc3c(cc2N)CC(=O)N3)CC1. The largest absolute Gasteiger partial charge is 0.397 e. The normalized spacial score (nSPS) is 19.8. The minimum atomic E-state index is 0.0480. The summed E-state index contributed by atoms with van der Waals surface area (Å²) in [5.41, 5.74) is 9.63. The molecule has 0 bridgehead atoms. The maximum atomic E-state index is 11.4. The van der Waals surface area contributed by atoms with E-state index in [9.17, 15) is 4.79 Å². The van der Waals surface area contributed by atoms with Gasteiger partial charge in [0.15, 0.2) is 0 Å². The van der Waals surface area contributed by atoms with Gasteiger partial charge in [0.25, 0.3) is 0 Å². The number of benzene rings is 1. The zero-order valence-electron chi connectivity index (χ0n) is 11.9. The molecule has 0 saturated carbocycles. The standard InChI is InChI=1S/C15H22N4O/c1-19-4-2-10(3-5-19)9-17-14-8-13-11(6-12(14)16)7-15(20)18-13/h6,8,10,17H,2-5,7,9,16H2,1H3,(H,18,20). The number of amides is 1. The van der Waals surface area contributed by atoms with E-state index < -0.39 is 0 Å². The van der Waals surface area contributed by atoms with E-state index in [0.29, 0.717) is 12.3 Å². The summed E-state index contributed by atoms with van der Waals surface area (Å²) in [5.74, 6) is 0.750. The first-order chi connectivity index (χ1) is 9.61. The Morgan fingerprint density at radius 2 is 2.15 bits per heavy atom. The van der Waals surface area contributed by atoms with Crippen molar-refractivity contribution >= 4 is 23.0 Å². The van der Waals surface area contributed by atoms with E-state index >= 15 is 0 Å². The molecule has 2 aliphatic rings. The van der Waals surface area contributed by atoms with Gasteiger partial charge in [0.1, 0.15) is 0 Å². The van der Waals surface area contributed by atoms with E-state index in [1.54, 1.807) is 0 Å². The average Bonchev–Trinajstić information content (AvgIpc) is 2.77. The maximum absolute atomic E-state index is 11.4. The van der Waals surface area contributed by atoms with E-state index in [-0.39, 0.29) is 5.91 Å². The predicted molar refractivity (Wildman–Crippen MR) is 81.9 cm³/mol. The highest BCUT2D eigenvalue weighted by molar-refractivity contribution is 6.00. The minimum absolute atomic E-state index is 0.0480. The van der Waals surface area contributed by atoms with Crippen LogP contribution < -0.4 is 16.4 Å². The molecule has 1 fully saturated rings. The number of carbonyl (C=O) groups excluding carboxylic acids is 1. The Kier molecular flexibility index (Phi) is 3.53. The van der Waals surface area contributed by atoms with Crippen molar-refractivity contribution < 1.29 is 4.79 Å². The highest BCUT2D eigenvalue weighted by Gasteiger charge is 2.20. The first-order valence-corrected chi connectivity index (χ1v) is 7.26. The molecule has 1 aromatic carbocycles. The molecule has 1 amide bonds. The summed E-state index contributed by atoms with van der Waals surface area (Å²) in [6.45, 7) is 3.29. The molecular weight excluding hydrogens is 252 g/mol. The Labute approximate surface area is 119 Å². The van der Waals surface area contributed by atoms with Crippen molar-refractivity contribution in [1.29, 1.82) is 0 Å². The summed E-state index contributed by atoms with van der Waals surface area (Å²) < 4.78 is 0. The van der Waals surface area contributed by atoms with Gasteiger partial charge in [-0.15, -0.1) is 0 Å². The quantitative estimate of drug-likeness (QED) is 0.731. The van der Waals surface area contributed by atoms with Crippen molar-refractivity contribution in [3.63, 3.8) is 0 Å². The number of nitrogen functional groups attached to an aromatic ring is 1. The molecule has 20 heavy (non-hydrogen) atoms. The second kappa shape index (κ2) is 5.32. The van der Waals surface area contributed by atoms with Crippen molar-refractivity contribution in [3.05, 3.63) is 17.7 Å². The highest BCUT2D eigenvalue weighted by Crippen LogP contribution is 2.31. The zero-order valence-corrected chi connectivity index (χ0v) is 11.9. The van der Waals surface area contributed by atoms with Crippen molar-refractivity contribution in [2.24, 2.45) is 5.92 Å². The van der Waals surface area contributed by atoms with Crippen LogP contribution in [-0.4, -0.2) is 37.5 Å². The van der Waals surface area contributed by atoms with Crippen LogP contribution in [0.1, 0.15) is 18.4 Å². The summed E-state index contributed by atoms with van der Waals surface area (Å²) in [4.78, 5) is 13.8. The van der Waals surface area contributed by atoms with E-state index in [1.165, 1.54) is 25.9 Å². The maximum Gasteiger partial charge on any atom is 0.228 e. The molecule has 0 aliphatic carbocycles. The van der Waals surface area contributed by atoms with E-state index in [1.807, 2.05) is 12.1 Å². The number of nitrogens with one attached hydrogen (secondary N) is 2. The molecule has 5 heteroatoms. The monoisotopic (exact) mass is 274 g/mol. The van der Waals surface area contributed by atoms with Crippen LogP contribution >= 0.6 is 0 Å². The number of likely N-dealkylation sites (tertiary alicyclic amines) is 1. The molecule has 1 aromatic rings. The van der Waals surface area contributed by atoms with Crippen molar-refractivity contribution in [2.75, 3.05) is 43.0 Å². The third-order valence-electron chi connectivity index (χ3n) is 4.32. The lowest BCUT2D eigenvalue weighted by molar-refractivity contribution is -0.115. The van der Waals surface area contributed by atoms with Crippen LogP contribution in [0.5, 0.6) is 0 Å². The Hall–Kier alpha value is -1.75. The second-order valence-corrected chi connectivity index (χ2v) is 5.95. The lowest BCUT2D eigenvalue weighted by atomic mass is 9.97. The topological polar surface area (TPSA) is 70.4 Å². The lowest BCUT2D eigenvalue weighted by Gasteiger charge is -2.29. The van der Waals surface area contributed by atoms with Crippen LogP contribution in [0.2, 0.25) is 0 Å². The molecule has 2 aliphatic heterocycles. The van der Waals surface area contributed by atoms with Gasteiger partial charge < -0.3 is 21.3 Å². The van der Waals surface area contributed by atoms with Crippen molar-refractivity contribution in [1.82, 2.24) is 4.90 Å². The van der Waals surface area contributed by atoms with E-state index in [0.717, 1.165) is 29.2 Å². The number of anilines is 3. The molecule has 1 saturated heterocycles. The summed E-state index contributed by atoms with van der Waals surface area (Å²) in [7, 11) is 2.17.